The first-order valence-corrected chi connectivity index (χ1v) is 9.03. The smallest absolute Gasteiger partial charge is 0.358 e. The highest BCUT2D eigenvalue weighted by Crippen LogP contribution is 2.23. The number of carbonyl (C=O) groups is 2. The van der Waals surface area contributed by atoms with E-state index in [4.69, 9.17) is 4.74 Å². The van der Waals surface area contributed by atoms with E-state index in [2.05, 4.69) is 35.9 Å². The Morgan fingerprint density at radius 1 is 0.964 bits per heavy atom. The highest BCUT2D eigenvalue weighted by atomic mass is 16.5. The zero-order valence-corrected chi connectivity index (χ0v) is 16.7. The summed E-state index contributed by atoms with van der Waals surface area (Å²) < 4.78 is 7.16. The number of esters is 1. The summed E-state index contributed by atoms with van der Waals surface area (Å²) in [6.45, 7) is 9.40. The van der Waals surface area contributed by atoms with Crippen molar-refractivity contribution in [1.29, 1.82) is 0 Å². The molecule has 0 amide bonds. The number of carbonyl (C=O) groups excluding carboxylic acids is 2. The van der Waals surface area contributed by atoms with Gasteiger partial charge in [0, 0.05) is 28.8 Å². The van der Waals surface area contributed by atoms with Crippen molar-refractivity contribution in [1.82, 2.24) is 14.5 Å². The van der Waals surface area contributed by atoms with Gasteiger partial charge in [-0.25, -0.2) is 9.78 Å². The van der Waals surface area contributed by atoms with E-state index in [9.17, 15) is 9.59 Å². The first-order chi connectivity index (χ1) is 13.3. The van der Waals surface area contributed by atoms with Crippen LogP contribution >= 0.6 is 0 Å². The van der Waals surface area contributed by atoms with Crippen molar-refractivity contribution in [3.63, 3.8) is 0 Å². The molecule has 0 bridgehead atoms. The van der Waals surface area contributed by atoms with E-state index in [1.54, 1.807) is 6.92 Å². The molecule has 144 valence electrons. The first-order valence-electron chi connectivity index (χ1n) is 9.03. The highest BCUT2D eigenvalue weighted by molar-refractivity contribution is 6.00. The van der Waals surface area contributed by atoms with Crippen LogP contribution in [0.3, 0.4) is 0 Å². The van der Waals surface area contributed by atoms with Crippen LogP contribution in [-0.4, -0.2) is 32.9 Å². The van der Waals surface area contributed by atoms with Crippen LogP contribution in [0.25, 0.3) is 5.69 Å². The van der Waals surface area contributed by atoms with E-state index < -0.39 is 5.97 Å². The summed E-state index contributed by atoms with van der Waals surface area (Å²) in [6.07, 6.45) is 2.82. The molecular weight excluding hydrogens is 354 g/mol. The molecule has 2 aromatic heterocycles. The van der Waals surface area contributed by atoms with Gasteiger partial charge in [0.25, 0.3) is 0 Å². The number of nitrogens with zero attached hydrogens (tertiary/aromatic N) is 3. The molecule has 0 N–H and O–H groups in total. The van der Waals surface area contributed by atoms with Gasteiger partial charge >= 0.3 is 5.97 Å². The second-order valence-electron chi connectivity index (χ2n) is 6.93. The standard InChI is InChI=1S/C22H23N3O3/c1-13-6-7-18(8-14(13)2)25-16(4)9-19(17(25)5)21(26)12-28-22(27)20-11-23-15(3)10-24-20/h6-11H,12H2,1-5H3. The van der Waals surface area contributed by atoms with Crippen LogP contribution < -0.4 is 0 Å². The zero-order valence-electron chi connectivity index (χ0n) is 16.7. The topological polar surface area (TPSA) is 74.1 Å². The van der Waals surface area contributed by atoms with Crippen LogP contribution in [0.1, 0.15) is 49.1 Å². The van der Waals surface area contributed by atoms with Gasteiger partial charge in [0.1, 0.15) is 0 Å². The molecule has 6 nitrogen and oxygen atoms in total. The maximum Gasteiger partial charge on any atom is 0.358 e. The van der Waals surface area contributed by atoms with Gasteiger partial charge < -0.3 is 9.30 Å². The van der Waals surface area contributed by atoms with Crippen LogP contribution in [0.5, 0.6) is 0 Å². The number of ether oxygens (including phenoxy) is 1. The Labute approximate surface area is 164 Å². The van der Waals surface area contributed by atoms with E-state index >= 15 is 0 Å². The van der Waals surface area contributed by atoms with E-state index in [1.807, 2.05) is 30.5 Å². The first kappa shape index (κ1) is 19.5. The van der Waals surface area contributed by atoms with Crippen LogP contribution in [0.15, 0.2) is 36.7 Å². The summed E-state index contributed by atoms with van der Waals surface area (Å²) in [4.78, 5) is 32.7. The second-order valence-corrected chi connectivity index (χ2v) is 6.93. The van der Waals surface area contributed by atoms with Gasteiger partial charge in [-0.15, -0.1) is 0 Å². The molecule has 6 heteroatoms. The summed E-state index contributed by atoms with van der Waals surface area (Å²) in [5.74, 6) is -0.916. The Hall–Kier alpha value is -3.28. The van der Waals surface area contributed by atoms with Crippen LogP contribution in [0.2, 0.25) is 0 Å². The van der Waals surface area contributed by atoms with Crippen molar-refractivity contribution < 1.29 is 14.3 Å². The summed E-state index contributed by atoms with van der Waals surface area (Å²) in [6, 6.07) is 8.02. The highest BCUT2D eigenvalue weighted by Gasteiger charge is 2.19. The van der Waals surface area contributed by atoms with E-state index in [0.717, 1.165) is 17.1 Å². The fraction of sp³-hybridized carbons (Fsp3) is 0.273. The van der Waals surface area contributed by atoms with Gasteiger partial charge in [-0.3, -0.25) is 9.78 Å². The number of aromatic nitrogens is 3. The largest absolute Gasteiger partial charge is 0.453 e. The molecule has 3 rings (SSSR count). The molecular formula is C22H23N3O3. The molecule has 0 unspecified atom stereocenters. The molecule has 3 aromatic rings. The molecule has 0 saturated carbocycles. The van der Waals surface area contributed by atoms with E-state index in [0.29, 0.717) is 11.3 Å². The van der Waals surface area contributed by atoms with Gasteiger partial charge in [0.15, 0.2) is 12.3 Å². The number of benzene rings is 1. The lowest BCUT2D eigenvalue weighted by molar-refractivity contribution is 0.0468. The maximum atomic E-state index is 12.6. The quantitative estimate of drug-likeness (QED) is 0.499. The van der Waals surface area contributed by atoms with Gasteiger partial charge in [0.05, 0.1) is 11.9 Å². The SMILES string of the molecule is Cc1cnc(C(=O)OCC(=O)c2cc(C)n(-c3ccc(C)c(C)c3)c2C)cn1. The molecule has 2 heterocycles. The lowest BCUT2D eigenvalue weighted by atomic mass is 10.1. The normalized spacial score (nSPS) is 10.8. The molecule has 28 heavy (non-hydrogen) atoms. The Balaban J connectivity index is 1.78. The predicted molar refractivity (Wildman–Crippen MR) is 106 cm³/mol. The molecule has 0 spiro atoms. The molecule has 1 aromatic carbocycles. The zero-order chi connectivity index (χ0) is 20.4. The number of rotatable bonds is 5. The summed E-state index contributed by atoms with van der Waals surface area (Å²) in [5, 5.41) is 0. The van der Waals surface area contributed by atoms with Crippen LogP contribution in [0.4, 0.5) is 0 Å². The van der Waals surface area contributed by atoms with Crippen molar-refractivity contribution in [2.24, 2.45) is 0 Å². The van der Waals surface area contributed by atoms with E-state index in [-0.39, 0.29) is 18.1 Å². The minimum absolute atomic E-state index is 0.0824. The van der Waals surface area contributed by atoms with Gasteiger partial charge in [0.2, 0.25) is 5.78 Å². The van der Waals surface area contributed by atoms with Crippen LogP contribution in [0, 0.1) is 34.6 Å². The number of ketones is 1. The number of hydrogen-bond donors (Lipinski definition) is 0. The second kappa shape index (κ2) is 7.76. The fourth-order valence-corrected chi connectivity index (χ4v) is 3.09. The summed E-state index contributed by atoms with van der Waals surface area (Å²) in [7, 11) is 0. The summed E-state index contributed by atoms with van der Waals surface area (Å²) >= 11 is 0. The molecule has 0 aliphatic carbocycles. The van der Waals surface area contributed by atoms with Crippen molar-refractivity contribution in [2.75, 3.05) is 6.61 Å². The molecule has 0 saturated heterocycles. The maximum absolute atomic E-state index is 12.6. The van der Waals surface area contributed by atoms with Crippen molar-refractivity contribution in [3.05, 3.63) is 76.1 Å². The lowest BCUT2D eigenvalue weighted by Crippen LogP contribution is -2.16. The minimum atomic E-state index is -0.663. The number of aryl methyl sites for hydroxylation is 4. The Morgan fingerprint density at radius 2 is 1.71 bits per heavy atom. The third-order valence-corrected chi connectivity index (χ3v) is 4.80. The Bertz CT molecular complexity index is 1050. The molecule has 0 fully saturated rings. The van der Waals surface area contributed by atoms with Crippen molar-refractivity contribution >= 4 is 11.8 Å². The minimum Gasteiger partial charge on any atom is -0.453 e. The van der Waals surface area contributed by atoms with E-state index in [1.165, 1.54) is 23.5 Å². The summed E-state index contributed by atoms with van der Waals surface area (Å²) in [5.41, 5.74) is 6.49. The van der Waals surface area contributed by atoms with Crippen molar-refractivity contribution in [2.45, 2.75) is 34.6 Å². The predicted octanol–water partition coefficient (Wildman–Crippen LogP) is 3.85. The molecule has 0 atom stereocenters. The van der Waals surface area contributed by atoms with Crippen molar-refractivity contribution in [3.8, 4) is 5.69 Å². The third-order valence-electron chi connectivity index (χ3n) is 4.80. The lowest BCUT2D eigenvalue weighted by Gasteiger charge is -2.12. The van der Waals surface area contributed by atoms with Gasteiger partial charge in [-0.05, 0) is 63.9 Å². The third kappa shape index (κ3) is 3.86. The van der Waals surface area contributed by atoms with Gasteiger partial charge in [-0.2, -0.15) is 0 Å². The van der Waals surface area contributed by atoms with Gasteiger partial charge in [-0.1, -0.05) is 6.07 Å². The number of hydrogen-bond acceptors (Lipinski definition) is 5. The average Bonchev–Trinajstić information content (AvgIpc) is 2.97. The molecule has 0 aliphatic heterocycles. The fourth-order valence-electron chi connectivity index (χ4n) is 3.09. The molecule has 0 radical (unpaired) electrons. The Kier molecular flexibility index (Phi) is 5.40. The Morgan fingerprint density at radius 3 is 2.36 bits per heavy atom. The number of Topliss-reactive ketones (excluding diaryl/α,β-unsaturated/α-hetero) is 1. The monoisotopic (exact) mass is 377 g/mol. The average molecular weight is 377 g/mol. The van der Waals surface area contributed by atoms with Crippen LogP contribution in [-0.2, 0) is 4.74 Å². The molecule has 0 aliphatic rings.